The van der Waals surface area contributed by atoms with Crippen molar-refractivity contribution >= 4 is 17.6 Å². The third-order valence-corrected chi connectivity index (χ3v) is 2.94. The second kappa shape index (κ2) is 8.04. The molecule has 1 aromatic carbocycles. The minimum absolute atomic E-state index is 0.00655. The molecule has 0 saturated heterocycles. The average molecular weight is 305 g/mol. The lowest BCUT2D eigenvalue weighted by molar-refractivity contribution is 0.0659. The lowest BCUT2D eigenvalue weighted by atomic mass is 10.1. The first-order valence-electron chi connectivity index (χ1n) is 6.10. The van der Waals surface area contributed by atoms with Crippen molar-refractivity contribution in [2.24, 2.45) is 0 Å². The zero-order valence-electron chi connectivity index (χ0n) is 11.3. The van der Waals surface area contributed by atoms with Crippen LogP contribution in [0.4, 0.5) is 9.18 Å². The Morgan fingerprint density at radius 3 is 2.85 bits per heavy atom. The van der Waals surface area contributed by atoms with Crippen LogP contribution >= 0.6 is 11.6 Å². The van der Waals surface area contributed by atoms with Crippen LogP contribution < -0.4 is 10.6 Å². The first-order chi connectivity index (χ1) is 9.43. The van der Waals surface area contributed by atoms with Crippen LogP contribution in [0.3, 0.4) is 0 Å². The van der Waals surface area contributed by atoms with Gasteiger partial charge in [-0.25, -0.2) is 9.18 Å². The molecular formula is C13H18ClFN2O3. The SMILES string of the molecule is COCC(O)CNC(=O)NC(C)c1ccc(F)c(Cl)c1. The van der Waals surface area contributed by atoms with Gasteiger partial charge in [0, 0.05) is 13.7 Å². The van der Waals surface area contributed by atoms with E-state index in [1.54, 1.807) is 13.0 Å². The highest BCUT2D eigenvalue weighted by Crippen LogP contribution is 2.20. The molecule has 0 aromatic heterocycles. The zero-order chi connectivity index (χ0) is 15.1. The van der Waals surface area contributed by atoms with Gasteiger partial charge in [-0.2, -0.15) is 0 Å². The summed E-state index contributed by atoms with van der Waals surface area (Å²) in [6, 6.07) is 3.48. The van der Waals surface area contributed by atoms with Crippen LogP contribution in [0.1, 0.15) is 18.5 Å². The predicted octanol–water partition coefficient (Wildman–Crippen LogP) is 1.85. The van der Waals surface area contributed by atoms with E-state index in [0.717, 1.165) is 0 Å². The van der Waals surface area contributed by atoms with Gasteiger partial charge >= 0.3 is 6.03 Å². The largest absolute Gasteiger partial charge is 0.389 e. The molecule has 0 fully saturated rings. The fraction of sp³-hybridized carbons (Fsp3) is 0.462. The first kappa shape index (κ1) is 16.7. The Morgan fingerprint density at radius 1 is 1.55 bits per heavy atom. The topological polar surface area (TPSA) is 70.6 Å². The maximum absolute atomic E-state index is 13.0. The Bertz CT molecular complexity index is 459. The van der Waals surface area contributed by atoms with Crippen LogP contribution in [0.2, 0.25) is 5.02 Å². The molecule has 0 saturated carbocycles. The van der Waals surface area contributed by atoms with Gasteiger partial charge in [0.05, 0.1) is 23.8 Å². The third kappa shape index (κ3) is 5.32. The molecule has 2 amide bonds. The second-order valence-corrected chi connectivity index (χ2v) is 4.77. The van der Waals surface area contributed by atoms with Crippen molar-refractivity contribution in [3.63, 3.8) is 0 Å². The monoisotopic (exact) mass is 304 g/mol. The standard InChI is InChI=1S/C13H18ClFN2O3/c1-8(9-3-4-12(15)11(14)5-9)17-13(19)16-6-10(18)7-20-2/h3-5,8,10,18H,6-7H2,1-2H3,(H2,16,17,19). The van der Waals surface area contributed by atoms with Crippen LogP contribution in [0.25, 0.3) is 0 Å². The van der Waals surface area contributed by atoms with Crippen molar-refractivity contribution in [3.05, 3.63) is 34.6 Å². The molecule has 2 unspecified atom stereocenters. The molecule has 0 spiro atoms. The number of rotatable bonds is 6. The minimum Gasteiger partial charge on any atom is -0.389 e. The molecule has 0 radical (unpaired) electrons. The summed E-state index contributed by atoms with van der Waals surface area (Å²) in [5, 5.41) is 14.6. The molecule has 0 heterocycles. The van der Waals surface area contributed by atoms with Gasteiger partial charge in [-0.15, -0.1) is 0 Å². The van der Waals surface area contributed by atoms with Gasteiger partial charge in [0.1, 0.15) is 5.82 Å². The fourth-order valence-electron chi connectivity index (χ4n) is 1.57. The second-order valence-electron chi connectivity index (χ2n) is 4.36. The molecule has 5 nitrogen and oxygen atoms in total. The number of urea groups is 1. The number of nitrogens with one attached hydrogen (secondary N) is 2. The Hall–Kier alpha value is -1.37. The summed E-state index contributed by atoms with van der Waals surface area (Å²) in [7, 11) is 1.46. The van der Waals surface area contributed by atoms with E-state index in [2.05, 4.69) is 10.6 Å². The molecule has 112 valence electrons. The van der Waals surface area contributed by atoms with Crippen LogP contribution in [0, 0.1) is 5.82 Å². The van der Waals surface area contributed by atoms with E-state index in [1.165, 1.54) is 19.2 Å². The Morgan fingerprint density at radius 2 is 2.25 bits per heavy atom. The summed E-state index contributed by atoms with van der Waals surface area (Å²) in [5.41, 5.74) is 0.684. The summed E-state index contributed by atoms with van der Waals surface area (Å²) in [6.45, 7) is 1.97. The first-order valence-corrected chi connectivity index (χ1v) is 6.48. The lowest BCUT2D eigenvalue weighted by Crippen LogP contribution is -2.41. The van der Waals surface area contributed by atoms with Gasteiger partial charge in [0.15, 0.2) is 0 Å². The van der Waals surface area contributed by atoms with E-state index in [-0.39, 0.29) is 24.2 Å². The quantitative estimate of drug-likeness (QED) is 0.751. The molecule has 7 heteroatoms. The molecule has 2 atom stereocenters. The van der Waals surface area contributed by atoms with E-state index >= 15 is 0 Å². The van der Waals surface area contributed by atoms with Gasteiger partial charge in [-0.05, 0) is 24.6 Å². The van der Waals surface area contributed by atoms with Crippen LogP contribution in [-0.4, -0.2) is 37.5 Å². The van der Waals surface area contributed by atoms with Crippen molar-refractivity contribution in [1.29, 1.82) is 0 Å². The number of aliphatic hydroxyl groups is 1. The summed E-state index contributed by atoms with van der Waals surface area (Å²) in [4.78, 5) is 11.6. The van der Waals surface area contributed by atoms with Gasteiger partial charge in [0.25, 0.3) is 0 Å². The molecule has 1 aromatic rings. The van der Waals surface area contributed by atoms with E-state index in [0.29, 0.717) is 5.56 Å². The minimum atomic E-state index is -0.763. The summed E-state index contributed by atoms with van der Waals surface area (Å²) in [5.74, 6) is -0.505. The van der Waals surface area contributed by atoms with E-state index in [9.17, 15) is 14.3 Å². The number of benzene rings is 1. The number of aliphatic hydroxyl groups excluding tert-OH is 1. The highest BCUT2D eigenvalue weighted by molar-refractivity contribution is 6.30. The third-order valence-electron chi connectivity index (χ3n) is 2.65. The van der Waals surface area contributed by atoms with Gasteiger partial charge in [0.2, 0.25) is 0 Å². The molecular weight excluding hydrogens is 287 g/mol. The maximum atomic E-state index is 13.0. The highest BCUT2D eigenvalue weighted by Gasteiger charge is 2.12. The molecule has 0 aliphatic heterocycles. The van der Waals surface area contributed by atoms with Crippen LogP contribution in [-0.2, 0) is 4.74 Å². The molecule has 20 heavy (non-hydrogen) atoms. The average Bonchev–Trinajstić information content (AvgIpc) is 2.40. The van der Waals surface area contributed by atoms with Crippen molar-refractivity contribution in [1.82, 2.24) is 10.6 Å². The maximum Gasteiger partial charge on any atom is 0.315 e. The molecule has 0 bridgehead atoms. The Labute approximate surface area is 122 Å². The summed E-state index contributed by atoms with van der Waals surface area (Å²) < 4.78 is 17.8. The van der Waals surface area contributed by atoms with E-state index < -0.39 is 18.0 Å². The summed E-state index contributed by atoms with van der Waals surface area (Å²) >= 11 is 5.68. The van der Waals surface area contributed by atoms with E-state index in [1.807, 2.05) is 0 Å². The summed E-state index contributed by atoms with van der Waals surface area (Å²) in [6.07, 6.45) is -0.763. The number of ether oxygens (including phenoxy) is 1. The van der Waals surface area contributed by atoms with Gasteiger partial charge < -0.3 is 20.5 Å². The fourth-order valence-corrected chi connectivity index (χ4v) is 1.76. The van der Waals surface area contributed by atoms with Crippen molar-refractivity contribution in [2.45, 2.75) is 19.1 Å². The van der Waals surface area contributed by atoms with Crippen LogP contribution in [0.5, 0.6) is 0 Å². The number of carbonyl (C=O) groups excluding carboxylic acids is 1. The van der Waals surface area contributed by atoms with Gasteiger partial charge in [-0.1, -0.05) is 17.7 Å². The van der Waals surface area contributed by atoms with E-state index in [4.69, 9.17) is 16.3 Å². The molecule has 0 aliphatic carbocycles. The molecule has 3 N–H and O–H groups in total. The van der Waals surface area contributed by atoms with Gasteiger partial charge in [-0.3, -0.25) is 0 Å². The number of methoxy groups -OCH3 is 1. The highest BCUT2D eigenvalue weighted by atomic mass is 35.5. The number of hydrogen-bond donors (Lipinski definition) is 3. The number of hydrogen-bond acceptors (Lipinski definition) is 3. The smallest absolute Gasteiger partial charge is 0.315 e. The number of carbonyl (C=O) groups is 1. The molecule has 0 aliphatic rings. The number of amides is 2. The zero-order valence-corrected chi connectivity index (χ0v) is 12.1. The lowest BCUT2D eigenvalue weighted by Gasteiger charge is -2.16. The Balaban J connectivity index is 2.46. The Kier molecular flexibility index (Phi) is 6.70. The molecule has 1 rings (SSSR count). The predicted molar refractivity (Wildman–Crippen MR) is 74.2 cm³/mol. The van der Waals surface area contributed by atoms with Crippen molar-refractivity contribution in [2.75, 3.05) is 20.3 Å². The van der Waals surface area contributed by atoms with Crippen molar-refractivity contribution in [3.8, 4) is 0 Å². The number of halogens is 2. The van der Waals surface area contributed by atoms with Crippen LogP contribution in [0.15, 0.2) is 18.2 Å². The van der Waals surface area contributed by atoms with Crippen molar-refractivity contribution < 1.29 is 19.0 Å². The normalized spacial score (nSPS) is 13.7.